The van der Waals surface area contributed by atoms with Gasteiger partial charge in [0, 0.05) is 18.6 Å². The number of hydrogen-bond donors (Lipinski definition) is 0. The summed E-state index contributed by atoms with van der Waals surface area (Å²) in [6.07, 6.45) is 0. The fourth-order valence-corrected chi connectivity index (χ4v) is 2.78. The third kappa shape index (κ3) is 3.44. The highest BCUT2D eigenvalue weighted by atomic mass is 16.5. The van der Waals surface area contributed by atoms with E-state index in [1.165, 1.54) is 34.3 Å². The number of ether oxygens (including phenoxy) is 4. The van der Waals surface area contributed by atoms with Gasteiger partial charge in [-0.1, -0.05) is 6.07 Å². The molecule has 0 aliphatic carbocycles. The second-order valence-electron chi connectivity index (χ2n) is 5.61. The van der Waals surface area contributed by atoms with Crippen LogP contribution in [0.1, 0.15) is 6.92 Å². The third-order valence-corrected chi connectivity index (χ3v) is 3.92. The van der Waals surface area contributed by atoms with Crippen molar-refractivity contribution in [3.63, 3.8) is 0 Å². The van der Waals surface area contributed by atoms with E-state index in [9.17, 15) is 9.59 Å². The molecule has 0 radical (unpaired) electrons. The van der Waals surface area contributed by atoms with Gasteiger partial charge in [-0.05, 0) is 24.3 Å². The Balaban J connectivity index is 2.22. The molecule has 27 heavy (non-hydrogen) atoms. The Morgan fingerprint density at radius 2 is 1.59 bits per heavy atom. The largest absolute Gasteiger partial charge is 0.493 e. The Kier molecular flexibility index (Phi) is 5.03. The first-order valence-electron chi connectivity index (χ1n) is 8.04. The Labute approximate surface area is 155 Å². The molecule has 7 nitrogen and oxygen atoms in total. The lowest BCUT2D eigenvalue weighted by Crippen LogP contribution is -2.07. The molecular weight excluding hydrogens is 352 g/mol. The van der Waals surface area contributed by atoms with Gasteiger partial charge in [0.2, 0.25) is 5.75 Å². The van der Waals surface area contributed by atoms with E-state index in [2.05, 4.69) is 0 Å². The standard InChI is InChI=1S/C20H18O7/c1-11(21)26-14-6-5-7-15-19(14)13(22)10-16(27-15)12-8-17(23-2)20(25-4)18(9-12)24-3/h5-10H,1-4H3. The lowest BCUT2D eigenvalue weighted by Gasteiger charge is -2.14. The van der Waals surface area contributed by atoms with Crippen LogP contribution in [0, 0.1) is 0 Å². The minimum atomic E-state index is -0.518. The van der Waals surface area contributed by atoms with E-state index in [1.54, 1.807) is 30.3 Å². The van der Waals surface area contributed by atoms with Crippen LogP contribution in [0.4, 0.5) is 0 Å². The first-order valence-corrected chi connectivity index (χ1v) is 8.04. The maximum atomic E-state index is 12.7. The molecule has 7 heteroatoms. The lowest BCUT2D eigenvalue weighted by atomic mass is 10.1. The summed E-state index contributed by atoms with van der Waals surface area (Å²) in [7, 11) is 4.51. The fourth-order valence-electron chi connectivity index (χ4n) is 2.78. The molecule has 3 aromatic rings. The molecule has 0 aliphatic heterocycles. The molecule has 3 rings (SSSR count). The van der Waals surface area contributed by atoms with Gasteiger partial charge in [0.05, 0.1) is 21.3 Å². The quantitative estimate of drug-likeness (QED) is 0.503. The molecule has 0 N–H and O–H groups in total. The van der Waals surface area contributed by atoms with E-state index < -0.39 is 5.97 Å². The van der Waals surface area contributed by atoms with Crippen molar-refractivity contribution in [2.24, 2.45) is 0 Å². The van der Waals surface area contributed by atoms with Gasteiger partial charge in [-0.25, -0.2) is 0 Å². The molecule has 0 atom stereocenters. The van der Waals surface area contributed by atoms with Crippen molar-refractivity contribution in [1.82, 2.24) is 0 Å². The first kappa shape index (κ1) is 18.3. The smallest absolute Gasteiger partial charge is 0.308 e. The minimum Gasteiger partial charge on any atom is -0.493 e. The van der Waals surface area contributed by atoms with Gasteiger partial charge in [0.1, 0.15) is 22.5 Å². The molecular formula is C20H18O7. The van der Waals surface area contributed by atoms with Crippen molar-refractivity contribution in [3.8, 4) is 34.3 Å². The fraction of sp³-hybridized carbons (Fsp3) is 0.200. The summed E-state index contributed by atoms with van der Waals surface area (Å²) < 4.78 is 27.0. The summed E-state index contributed by atoms with van der Waals surface area (Å²) in [5.74, 6) is 1.25. The molecule has 2 aromatic carbocycles. The van der Waals surface area contributed by atoms with Crippen LogP contribution in [-0.2, 0) is 4.79 Å². The van der Waals surface area contributed by atoms with Gasteiger partial charge in [-0.2, -0.15) is 0 Å². The zero-order valence-corrected chi connectivity index (χ0v) is 15.3. The monoisotopic (exact) mass is 370 g/mol. The van der Waals surface area contributed by atoms with Crippen molar-refractivity contribution in [3.05, 3.63) is 46.6 Å². The summed E-state index contributed by atoms with van der Waals surface area (Å²) in [4.78, 5) is 23.9. The molecule has 0 bridgehead atoms. The van der Waals surface area contributed by atoms with E-state index in [-0.39, 0.29) is 16.6 Å². The van der Waals surface area contributed by atoms with E-state index >= 15 is 0 Å². The lowest BCUT2D eigenvalue weighted by molar-refractivity contribution is -0.131. The zero-order chi connectivity index (χ0) is 19.6. The van der Waals surface area contributed by atoms with Crippen molar-refractivity contribution in [1.29, 1.82) is 0 Å². The Morgan fingerprint density at radius 3 is 2.15 bits per heavy atom. The van der Waals surface area contributed by atoms with Gasteiger partial charge >= 0.3 is 5.97 Å². The number of esters is 1. The summed E-state index contributed by atoms with van der Waals surface area (Å²) >= 11 is 0. The molecule has 0 unspecified atom stereocenters. The van der Waals surface area contributed by atoms with Crippen LogP contribution in [0.2, 0.25) is 0 Å². The van der Waals surface area contributed by atoms with Gasteiger partial charge in [0.25, 0.3) is 0 Å². The van der Waals surface area contributed by atoms with E-state index in [0.29, 0.717) is 34.2 Å². The molecule has 0 amide bonds. The molecule has 140 valence electrons. The summed E-state index contributed by atoms with van der Waals surface area (Å²) in [5, 5.41) is 0.198. The van der Waals surface area contributed by atoms with Gasteiger partial charge < -0.3 is 23.4 Å². The van der Waals surface area contributed by atoms with Crippen LogP contribution in [0.25, 0.3) is 22.3 Å². The topological polar surface area (TPSA) is 84.2 Å². The molecule has 0 fully saturated rings. The maximum absolute atomic E-state index is 12.7. The average molecular weight is 370 g/mol. The van der Waals surface area contributed by atoms with Crippen molar-refractivity contribution >= 4 is 16.9 Å². The SMILES string of the molecule is COc1cc(-c2cc(=O)c3c(OC(C)=O)cccc3o2)cc(OC)c1OC. The number of benzene rings is 2. The number of hydrogen-bond acceptors (Lipinski definition) is 7. The second-order valence-corrected chi connectivity index (χ2v) is 5.61. The van der Waals surface area contributed by atoms with E-state index in [0.717, 1.165) is 0 Å². The Morgan fingerprint density at radius 1 is 0.926 bits per heavy atom. The number of methoxy groups -OCH3 is 3. The predicted octanol–water partition coefficient (Wildman–Crippen LogP) is 3.41. The van der Waals surface area contributed by atoms with Crippen LogP contribution in [0.5, 0.6) is 23.0 Å². The third-order valence-electron chi connectivity index (χ3n) is 3.92. The normalized spacial score (nSPS) is 10.5. The molecule has 0 saturated carbocycles. The summed E-state index contributed by atoms with van der Waals surface area (Å²) in [6.45, 7) is 1.27. The number of carbonyl (C=O) groups is 1. The van der Waals surface area contributed by atoms with Gasteiger partial charge in [-0.15, -0.1) is 0 Å². The van der Waals surface area contributed by atoms with Crippen LogP contribution in [0.15, 0.2) is 45.6 Å². The highest BCUT2D eigenvalue weighted by Gasteiger charge is 2.17. The van der Waals surface area contributed by atoms with Crippen LogP contribution in [-0.4, -0.2) is 27.3 Å². The first-order chi connectivity index (χ1) is 13.0. The predicted molar refractivity (Wildman–Crippen MR) is 98.9 cm³/mol. The molecule has 0 spiro atoms. The summed E-state index contributed by atoms with van der Waals surface area (Å²) in [6, 6.07) is 9.51. The molecule has 0 aliphatic rings. The summed E-state index contributed by atoms with van der Waals surface area (Å²) in [5.41, 5.74) is 0.531. The molecule has 1 heterocycles. The highest BCUT2D eigenvalue weighted by Crippen LogP contribution is 2.41. The number of rotatable bonds is 5. The average Bonchev–Trinajstić information content (AvgIpc) is 2.66. The van der Waals surface area contributed by atoms with Gasteiger partial charge in [-0.3, -0.25) is 9.59 Å². The van der Waals surface area contributed by atoms with Gasteiger partial charge in [0.15, 0.2) is 16.9 Å². The highest BCUT2D eigenvalue weighted by molar-refractivity contribution is 5.87. The van der Waals surface area contributed by atoms with Crippen molar-refractivity contribution in [2.75, 3.05) is 21.3 Å². The molecule has 1 aromatic heterocycles. The zero-order valence-electron chi connectivity index (χ0n) is 15.3. The van der Waals surface area contributed by atoms with Crippen LogP contribution in [0.3, 0.4) is 0 Å². The molecule has 0 saturated heterocycles. The maximum Gasteiger partial charge on any atom is 0.308 e. The van der Waals surface area contributed by atoms with E-state index in [1.807, 2.05) is 0 Å². The second kappa shape index (κ2) is 7.41. The minimum absolute atomic E-state index is 0.158. The van der Waals surface area contributed by atoms with Crippen LogP contribution < -0.4 is 24.4 Å². The van der Waals surface area contributed by atoms with Crippen molar-refractivity contribution in [2.45, 2.75) is 6.92 Å². The van der Waals surface area contributed by atoms with E-state index in [4.69, 9.17) is 23.4 Å². The van der Waals surface area contributed by atoms with Crippen LogP contribution >= 0.6 is 0 Å². The number of carbonyl (C=O) groups excluding carboxylic acids is 1. The Hall–Kier alpha value is -3.48. The van der Waals surface area contributed by atoms with Crippen molar-refractivity contribution < 1.29 is 28.2 Å². The number of fused-ring (bicyclic) bond motifs is 1. The Bertz CT molecular complexity index is 1040.